The summed E-state index contributed by atoms with van der Waals surface area (Å²) in [5.41, 5.74) is 2.11. The number of anilines is 2. The van der Waals surface area contributed by atoms with E-state index in [1.54, 1.807) is 12.1 Å². The lowest BCUT2D eigenvalue weighted by Gasteiger charge is -2.07. The average molecular weight is 225 g/mol. The van der Waals surface area contributed by atoms with E-state index in [0.29, 0.717) is 17.3 Å². The van der Waals surface area contributed by atoms with Crippen molar-refractivity contribution in [3.8, 4) is 0 Å². The number of halogens is 1. The highest BCUT2D eigenvalue weighted by Crippen LogP contribution is 2.26. The van der Waals surface area contributed by atoms with Crippen LogP contribution in [0.25, 0.3) is 0 Å². The van der Waals surface area contributed by atoms with Crippen molar-refractivity contribution in [3.63, 3.8) is 0 Å². The van der Waals surface area contributed by atoms with Gasteiger partial charge >= 0.3 is 0 Å². The molecule has 0 saturated carbocycles. The van der Waals surface area contributed by atoms with E-state index in [1.807, 2.05) is 6.07 Å². The van der Waals surface area contributed by atoms with Crippen molar-refractivity contribution in [2.75, 3.05) is 10.6 Å². The molecule has 0 atom stereocenters. The van der Waals surface area contributed by atoms with Gasteiger partial charge in [-0.1, -0.05) is 6.07 Å². The van der Waals surface area contributed by atoms with Crippen LogP contribution in [0, 0.1) is 0 Å². The highest BCUT2D eigenvalue weighted by atomic mass is 35.5. The maximum Gasteiger partial charge on any atom is 0.233 e. The van der Waals surface area contributed by atoms with E-state index in [4.69, 9.17) is 11.6 Å². The topological polar surface area (TPSA) is 58.2 Å². The molecule has 0 fully saturated rings. The lowest BCUT2D eigenvalue weighted by Crippen LogP contribution is -2.16. The third-order valence-electron chi connectivity index (χ3n) is 2.11. The summed E-state index contributed by atoms with van der Waals surface area (Å²) in [4.78, 5) is 22.5. The zero-order valence-corrected chi connectivity index (χ0v) is 8.60. The first-order valence-corrected chi connectivity index (χ1v) is 5.01. The molecule has 1 aliphatic heterocycles. The van der Waals surface area contributed by atoms with Crippen molar-refractivity contribution in [1.29, 1.82) is 0 Å². The fourth-order valence-corrected chi connectivity index (χ4v) is 1.59. The number of carbonyl (C=O) groups excluding carboxylic acids is 2. The molecule has 1 aliphatic rings. The van der Waals surface area contributed by atoms with Crippen LogP contribution < -0.4 is 10.6 Å². The fourth-order valence-electron chi connectivity index (χ4n) is 1.42. The molecule has 78 valence electrons. The van der Waals surface area contributed by atoms with Crippen molar-refractivity contribution in [2.45, 2.75) is 12.3 Å². The second-order valence-electron chi connectivity index (χ2n) is 3.29. The minimum atomic E-state index is -0.307. The zero-order chi connectivity index (χ0) is 10.8. The number of hydrogen-bond donors (Lipinski definition) is 2. The van der Waals surface area contributed by atoms with Gasteiger partial charge in [0, 0.05) is 5.88 Å². The maximum atomic E-state index is 11.3. The molecule has 1 aromatic carbocycles. The third-order valence-corrected chi connectivity index (χ3v) is 2.42. The van der Waals surface area contributed by atoms with E-state index in [1.165, 1.54) is 0 Å². The molecular weight excluding hydrogens is 216 g/mol. The van der Waals surface area contributed by atoms with E-state index >= 15 is 0 Å². The molecule has 2 amide bonds. The van der Waals surface area contributed by atoms with Crippen LogP contribution in [-0.4, -0.2) is 11.8 Å². The maximum absolute atomic E-state index is 11.3. The van der Waals surface area contributed by atoms with Gasteiger partial charge in [0.05, 0.1) is 11.4 Å². The largest absolute Gasteiger partial charge is 0.324 e. The fraction of sp³-hybridized carbons (Fsp3) is 0.200. The molecule has 0 aromatic heterocycles. The highest BCUT2D eigenvalue weighted by Gasteiger charge is 2.17. The van der Waals surface area contributed by atoms with Crippen molar-refractivity contribution in [2.24, 2.45) is 0 Å². The molecule has 0 spiro atoms. The first-order chi connectivity index (χ1) is 7.19. The molecule has 4 nitrogen and oxygen atoms in total. The number of carbonyl (C=O) groups is 2. The van der Waals surface area contributed by atoms with Gasteiger partial charge < -0.3 is 10.6 Å². The normalized spacial score (nSPS) is 15.0. The Hall–Kier alpha value is -1.55. The predicted molar refractivity (Wildman–Crippen MR) is 57.9 cm³/mol. The number of fused-ring (bicyclic) bond motifs is 1. The average Bonchev–Trinajstić information content (AvgIpc) is 2.33. The molecule has 2 N–H and O–H groups in total. The first kappa shape index (κ1) is 9.98. The number of alkyl halides is 1. The van der Waals surface area contributed by atoms with Gasteiger partial charge in [-0.15, -0.1) is 11.6 Å². The van der Waals surface area contributed by atoms with Crippen LogP contribution in [-0.2, 0) is 15.5 Å². The minimum Gasteiger partial charge on any atom is -0.324 e. The van der Waals surface area contributed by atoms with Crippen LogP contribution in [0.5, 0.6) is 0 Å². The number of amides is 2. The van der Waals surface area contributed by atoms with Gasteiger partial charge in [-0.3, -0.25) is 9.59 Å². The Morgan fingerprint density at radius 1 is 1.13 bits per heavy atom. The summed E-state index contributed by atoms with van der Waals surface area (Å²) >= 11 is 5.68. The molecule has 0 unspecified atom stereocenters. The number of rotatable bonds is 1. The Morgan fingerprint density at radius 2 is 1.80 bits per heavy atom. The molecule has 1 aromatic rings. The summed E-state index contributed by atoms with van der Waals surface area (Å²) in [6.07, 6.45) is -0.148. The number of hydrogen-bond acceptors (Lipinski definition) is 2. The molecular formula is C10H9ClN2O2. The van der Waals surface area contributed by atoms with Crippen LogP contribution in [0.1, 0.15) is 12.0 Å². The van der Waals surface area contributed by atoms with Gasteiger partial charge in [0.25, 0.3) is 0 Å². The van der Waals surface area contributed by atoms with Crippen LogP contribution >= 0.6 is 11.6 Å². The van der Waals surface area contributed by atoms with Crippen molar-refractivity contribution >= 4 is 34.8 Å². The van der Waals surface area contributed by atoms with E-state index in [2.05, 4.69) is 10.6 Å². The molecule has 5 heteroatoms. The van der Waals surface area contributed by atoms with Crippen LogP contribution in [0.3, 0.4) is 0 Å². The highest BCUT2D eigenvalue weighted by molar-refractivity contribution is 6.17. The smallest absolute Gasteiger partial charge is 0.233 e. The Morgan fingerprint density at radius 3 is 2.47 bits per heavy atom. The SMILES string of the molecule is O=C1CC(=O)Nc2cc(CCl)ccc2N1. The summed E-state index contributed by atoms with van der Waals surface area (Å²) in [6, 6.07) is 5.30. The van der Waals surface area contributed by atoms with Crippen LogP contribution in [0.4, 0.5) is 11.4 Å². The monoisotopic (exact) mass is 224 g/mol. The molecule has 15 heavy (non-hydrogen) atoms. The Balaban J connectivity index is 2.42. The zero-order valence-electron chi connectivity index (χ0n) is 7.84. The second-order valence-corrected chi connectivity index (χ2v) is 3.55. The summed E-state index contributed by atoms with van der Waals surface area (Å²) in [7, 11) is 0. The molecule has 1 heterocycles. The Kier molecular flexibility index (Phi) is 2.60. The van der Waals surface area contributed by atoms with E-state index in [0.717, 1.165) is 5.56 Å². The van der Waals surface area contributed by atoms with Gasteiger partial charge in [0.1, 0.15) is 6.42 Å². The molecule has 0 aliphatic carbocycles. The van der Waals surface area contributed by atoms with Crippen LogP contribution in [0.15, 0.2) is 18.2 Å². The molecule has 0 saturated heterocycles. The Bertz CT molecular complexity index is 431. The third kappa shape index (κ3) is 2.10. The van der Waals surface area contributed by atoms with Crippen molar-refractivity contribution in [1.82, 2.24) is 0 Å². The van der Waals surface area contributed by atoms with Gasteiger partial charge in [-0.05, 0) is 17.7 Å². The standard InChI is InChI=1S/C10H9ClN2O2/c11-5-6-1-2-7-8(3-6)13-10(15)4-9(14)12-7/h1-3H,4-5H2,(H,12,14)(H,13,15). The summed E-state index contributed by atoms with van der Waals surface area (Å²) < 4.78 is 0. The van der Waals surface area contributed by atoms with Crippen LogP contribution in [0.2, 0.25) is 0 Å². The van der Waals surface area contributed by atoms with Gasteiger partial charge in [-0.25, -0.2) is 0 Å². The first-order valence-electron chi connectivity index (χ1n) is 4.47. The van der Waals surface area contributed by atoms with Crippen molar-refractivity contribution < 1.29 is 9.59 Å². The van der Waals surface area contributed by atoms with E-state index < -0.39 is 0 Å². The molecule has 0 radical (unpaired) electrons. The number of benzene rings is 1. The van der Waals surface area contributed by atoms with Gasteiger partial charge in [-0.2, -0.15) is 0 Å². The molecule has 0 bridgehead atoms. The quantitative estimate of drug-likeness (QED) is 0.564. The van der Waals surface area contributed by atoms with E-state index in [-0.39, 0.29) is 18.2 Å². The second kappa shape index (κ2) is 3.90. The summed E-state index contributed by atoms with van der Waals surface area (Å²) in [6.45, 7) is 0. The van der Waals surface area contributed by atoms with Gasteiger partial charge in [0.2, 0.25) is 11.8 Å². The van der Waals surface area contributed by atoms with Gasteiger partial charge in [0.15, 0.2) is 0 Å². The Labute approximate surface area is 91.6 Å². The lowest BCUT2D eigenvalue weighted by molar-refractivity contribution is -0.123. The number of nitrogens with one attached hydrogen (secondary N) is 2. The summed E-state index contributed by atoms with van der Waals surface area (Å²) in [5.74, 6) is -0.236. The van der Waals surface area contributed by atoms with E-state index in [9.17, 15) is 9.59 Å². The summed E-state index contributed by atoms with van der Waals surface area (Å²) in [5, 5.41) is 5.29. The lowest BCUT2D eigenvalue weighted by atomic mass is 10.2. The molecule has 2 rings (SSSR count). The van der Waals surface area contributed by atoms with Crippen molar-refractivity contribution in [3.05, 3.63) is 23.8 Å². The predicted octanol–water partition coefficient (Wildman–Crippen LogP) is 1.71. The minimum absolute atomic E-state index is 0.148.